The minimum absolute atomic E-state index is 0.132. The highest BCUT2D eigenvalue weighted by Gasteiger charge is 2.29. The van der Waals surface area contributed by atoms with Crippen LogP contribution in [0, 0.1) is 25.6 Å². The number of carbonyl (C=O) groups is 1. The first-order chi connectivity index (χ1) is 20.8. The zero-order valence-corrected chi connectivity index (χ0v) is 25.7. The van der Waals surface area contributed by atoms with E-state index in [0.29, 0.717) is 22.6 Å². The number of carbonyl (C=O) groups excluding carboxylic acids is 1. The van der Waals surface area contributed by atoms with Crippen molar-refractivity contribution in [3.8, 4) is 0 Å². The second-order valence-corrected chi connectivity index (χ2v) is 13.0. The number of nitrogens with zero attached hydrogens (tertiary/aromatic N) is 5. The summed E-state index contributed by atoms with van der Waals surface area (Å²) in [5, 5.41) is 6.76. The first-order valence-corrected chi connectivity index (χ1v) is 15.5. The van der Waals surface area contributed by atoms with Gasteiger partial charge in [-0.1, -0.05) is 30.3 Å². The Bertz CT molecular complexity index is 1980. The van der Waals surface area contributed by atoms with Crippen LogP contribution in [0.2, 0.25) is 0 Å². The Morgan fingerprint density at radius 3 is 2.34 bits per heavy atom. The molecule has 1 aliphatic rings. The Morgan fingerprint density at radius 2 is 1.75 bits per heavy atom. The number of anilines is 3. The number of nitrogen functional groups attached to an aromatic ring is 1. The van der Waals surface area contributed by atoms with E-state index in [1.807, 2.05) is 0 Å². The number of nitrogens with one attached hydrogen (secondary N) is 1. The Labute approximate surface area is 253 Å². The van der Waals surface area contributed by atoms with Crippen molar-refractivity contribution in [3.05, 3.63) is 97.7 Å². The van der Waals surface area contributed by atoms with Crippen LogP contribution in [0.3, 0.4) is 0 Å². The second kappa shape index (κ2) is 11.8. The van der Waals surface area contributed by atoms with Crippen LogP contribution in [-0.4, -0.2) is 40.3 Å². The topological polar surface area (TPSA) is 154 Å². The number of sulfonamides is 1. The summed E-state index contributed by atoms with van der Waals surface area (Å²) in [7, 11) is -0.777. The fraction of sp³-hybridized carbons (Fsp3) is 0.333. The number of rotatable bonds is 10. The van der Waals surface area contributed by atoms with Gasteiger partial charge in [-0.15, -0.1) is 0 Å². The van der Waals surface area contributed by atoms with Gasteiger partial charge >= 0.3 is 5.69 Å². The Balaban J connectivity index is 1.38. The maximum absolute atomic E-state index is 14.4. The molecule has 14 heteroatoms. The van der Waals surface area contributed by atoms with Crippen molar-refractivity contribution in [3.63, 3.8) is 0 Å². The van der Waals surface area contributed by atoms with Crippen molar-refractivity contribution >= 4 is 33.1 Å². The molecule has 44 heavy (non-hydrogen) atoms. The predicted octanol–water partition coefficient (Wildman–Crippen LogP) is 2.55. The molecule has 0 bridgehead atoms. The summed E-state index contributed by atoms with van der Waals surface area (Å²) in [5.41, 5.74) is 6.46. The summed E-state index contributed by atoms with van der Waals surface area (Å²) in [6.07, 6.45) is 1.66. The SMILES string of the molecule is Cc1nn(C)c(C)c1S(=O)(=O)N(C)c1ccc(CC(=O)Nc2c(N)n(CC3CC3)c(=O)n(Cc3ccccc3F)c2=O)cc1. The molecule has 1 saturated carbocycles. The number of aromatic nitrogens is 4. The lowest BCUT2D eigenvalue weighted by atomic mass is 10.1. The van der Waals surface area contributed by atoms with Crippen LogP contribution >= 0.6 is 0 Å². The summed E-state index contributed by atoms with van der Waals surface area (Å²) >= 11 is 0. The third kappa shape index (κ3) is 5.89. The molecule has 12 nitrogen and oxygen atoms in total. The highest BCUT2D eigenvalue weighted by atomic mass is 32.2. The Kier molecular flexibility index (Phi) is 8.21. The summed E-state index contributed by atoms with van der Waals surface area (Å²) in [5.74, 6) is -1.07. The van der Waals surface area contributed by atoms with Gasteiger partial charge in [-0.3, -0.25) is 27.7 Å². The number of aryl methyl sites for hydroxylation is 2. The van der Waals surface area contributed by atoms with Crippen molar-refractivity contribution in [2.75, 3.05) is 22.4 Å². The largest absolute Gasteiger partial charge is 0.383 e. The Morgan fingerprint density at radius 1 is 1.09 bits per heavy atom. The molecule has 1 fully saturated rings. The maximum atomic E-state index is 14.4. The molecule has 2 aromatic carbocycles. The monoisotopic (exact) mass is 623 g/mol. The van der Waals surface area contributed by atoms with E-state index < -0.39 is 33.0 Å². The first-order valence-electron chi connectivity index (χ1n) is 14.0. The van der Waals surface area contributed by atoms with E-state index in [4.69, 9.17) is 5.73 Å². The van der Waals surface area contributed by atoms with Crippen LogP contribution in [0.25, 0.3) is 0 Å². The van der Waals surface area contributed by atoms with Crippen LogP contribution in [0.1, 0.15) is 35.4 Å². The molecule has 232 valence electrons. The first kappa shape index (κ1) is 30.7. The molecule has 0 radical (unpaired) electrons. The molecular weight excluding hydrogens is 589 g/mol. The zero-order valence-electron chi connectivity index (χ0n) is 24.9. The lowest BCUT2D eigenvalue weighted by molar-refractivity contribution is -0.115. The van der Waals surface area contributed by atoms with Crippen molar-refractivity contribution < 1.29 is 17.6 Å². The van der Waals surface area contributed by atoms with Gasteiger partial charge in [-0.05, 0) is 56.4 Å². The molecule has 0 aliphatic heterocycles. The number of hydrogen-bond donors (Lipinski definition) is 2. The Hall–Kier alpha value is -4.72. The molecular formula is C30H34FN7O5S. The third-order valence-electron chi connectivity index (χ3n) is 7.88. The van der Waals surface area contributed by atoms with Gasteiger partial charge in [0, 0.05) is 26.2 Å². The summed E-state index contributed by atoms with van der Waals surface area (Å²) in [6, 6.07) is 12.2. The van der Waals surface area contributed by atoms with Gasteiger partial charge < -0.3 is 11.1 Å². The van der Waals surface area contributed by atoms with Crippen LogP contribution < -0.4 is 26.6 Å². The highest BCUT2D eigenvalue weighted by molar-refractivity contribution is 7.92. The van der Waals surface area contributed by atoms with Crippen LogP contribution in [0.4, 0.5) is 21.6 Å². The van der Waals surface area contributed by atoms with Crippen LogP contribution in [0.5, 0.6) is 0 Å². The maximum Gasteiger partial charge on any atom is 0.332 e. The average Bonchev–Trinajstić information content (AvgIpc) is 3.76. The minimum atomic E-state index is -3.89. The standard InChI is InChI=1S/C30H34FN7O5S/c1-18-27(19(2)35(3)34-18)44(42,43)36(4)23-13-11-20(12-14-23)15-25(39)33-26-28(32)37(16-21-9-10-21)30(41)38(29(26)40)17-22-7-5-6-8-24(22)31/h5-8,11-14,21H,9-10,15-17,32H2,1-4H3,(H,33,39). The normalized spacial score (nSPS) is 13.2. The molecule has 4 aromatic rings. The molecule has 0 atom stereocenters. The van der Waals surface area contributed by atoms with Crippen LogP contribution in [0.15, 0.2) is 63.0 Å². The molecule has 3 N–H and O–H groups in total. The molecule has 1 aliphatic carbocycles. The fourth-order valence-electron chi connectivity index (χ4n) is 5.10. The van der Waals surface area contributed by atoms with E-state index in [1.165, 1.54) is 34.5 Å². The van der Waals surface area contributed by atoms with Crippen molar-refractivity contribution in [2.24, 2.45) is 13.0 Å². The van der Waals surface area contributed by atoms with Gasteiger partial charge in [0.2, 0.25) is 5.91 Å². The lowest BCUT2D eigenvalue weighted by Crippen LogP contribution is -2.43. The molecule has 1 amide bonds. The second-order valence-electron chi connectivity index (χ2n) is 11.1. The highest BCUT2D eigenvalue weighted by Crippen LogP contribution is 2.31. The number of benzene rings is 2. The lowest BCUT2D eigenvalue weighted by Gasteiger charge is -2.20. The molecule has 0 spiro atoms. The smallest absolute Gasteiger partial charge is 0.332 e. The van der Waals surface area contributed by atoms with Gasteiger partial charge in [-0.2, -0.15) is 5.10 Å². The average molecular weight is 624 g/mol. The van der Waals surface area contributed by atoms with E-state index in [0.717, 1.165) is 21.7 Å². The quantitative estimate of drug-likeness (QED) is 0.275. The molecule has 5 rings (SSSR count). The van der Waals surface area contributed by atoms with Crippen LogP contribution in [-0.2, 0) is 41.4 Å². The summed E-state index contributed by atoms with van der Waals surface area (Å²) in [6.45, 7) is 3.27. The molecule has 0 unspecified atom stereocenters. The van der Waals surface area contributed by atoms with E-state index in [1.54, 1.807) is 51.2 Å². The van der Waals surface area contributed by atoms with Gasteiger partial charge in [0.1, 0.15) is 22.2 Å². The summed E-state index contributed by atoms with van der Waals surface area (Å²) in [4.78, 5) is 39.9. The third-order valence-corrected chi connectivity index (χ3v) is 9.92. The van der Waals surface area contributed by atoms with Gasteiger partial charge in [0.05, 0.1) is 30.0 Å². The number of hydrogen-bond acceptors (Lipinski definition) is 7. The van der Waals surface area contributed by atoms with Crippen molar-refractivity contribution in [1.82, 2.24) is 18.9 Å². The van der Waals surface area contributed by atoms with Crippen molar-refractivity contribution in [1.29, 1.82) is 0 Å². The molecule has 0 saturated heterocycles. The van der Waals surface area contributed by atoms with E-state index in [9.17, 15) is 27.2 Å². The zero-order chi connectivity index (χ0) is 31.9. The summed E-state index contributed by atoms with van der Waals surface area (Å²) < 4.78 is 45.8. The van der Waals surface area contributed by atoms with Gasteiger partial charge in [-0.25, -0.2) is 17.6 Å². The number of nitrogens with two attached hydrogens (primary N) is 1. The predicted molar refractivity (Wildman–Crippen MR) is 165 cm³/mol. The number of halogens is 1. The van der Waals surface area contributed by atoms with E-state index in [2.05, 4.69) is 10.4 Å². The molecule has 2 heterocycles. The minimum Gasteiger partial charge on any atom is -0.383 e. The fourth-order valence-corrected chi connectivity index (χ4v) is 6.69. The van der Waals surface area contributed by atoms with Gasteiger partial charge in [0.15, 0.2) is 0 Å². The molecule has 2 aromatic heterocycles. The van der Waals surface area contributed by atoms with Crippen molar-refractivity contribution in [2.45, 2.75) is 51.1 Å². The number of amides is 1. The van der Waals surface area contributed by atoms with Gasteiger partial charge in [0.25, 0.3) is 15.6 Å². The van der Waals surface area contributed by atoms with E-state index >= 15 is 0 Å². The van der Waals surface area contributed by atoms with E-state index in [-0.39, 0.29) is 47.4 Å².